The van der Waals surface area contributed by atoms with Crippen molar-refractivity contribution in [3.63, 3.8) is 0 Å². The van der Waals surface area contributed by atoms with E-state index in [-0.39, 0.29) is 6.61 Å². The molecule has 0 saturated heterocycles. The first-order valence-electron chi connectivity index (χ1n) is 8.50. The third-order valence-electron chi connectivity index (χ3n) is 4.33. The SMILES string of the molecule is Cc1ccc(-c2csc3ncnc(OCc4cccc(C(F)(F)F)c4)c23)cc1. The van der Waals surface area contributed by atoms with Crippen LogP contribution in [-0.4, -0.2) is 9.97 Å². The minimum absolute atomic E-state index is 0.0147. The fraction of sp³-hybridized carbons (Fsp3) is 0.143. The number of alkyl halides is 3. The van der Waals surface area contributed by atoms with E-state index in [1.807, 2.05) is 36.6 Å². The predicted octanol–water partition coefficient (Wildman–Crippen LogP) is 6.26. The van der Waals surface area contributed by atoms with Crippen LogP contribution >= 0.6 is 11.3 Å². The number of ether oxygens (including phenoxy) is 1. The monoisotopic (exact) mass is 400 g/mol. The van der Waals surface area contributed by atoms with Crippen molar-refractivity contribution in [2.45, 2.75) is 19.7 Å². The van der Waals surface area contributed by atoms with Gasteiger partial charge in [0.15, 0.2) is 0 Å². The molecule has 0 unspecified atom stereocenters. The lowest BCUT2D eigenvalue weighted by Gasteiger charge is -2.10. The van der Waals surface area contributed by atoms with Gasteiger partial charge in [0.25, 0.3) is 0 Å². The van der Waals surface area contributed by atoms with E-state index in [9.17, 15) is 13.2 Å². The molecule has 0 aliphatic carbocycles. The maximum Gasteiger partial charge on any atom is 0.416 e. The average molecular weight is 400 g/mol. The molecule has 0 radical (unpaired) electrons. The number of nitrogens with zero attached hydrogens (tertiary/aromatic N) is 2. The van der Waals surface area contributed by atoms with Crippen molar-refractivity contribution in [3.05, 3.63) is 76.9 Å². The largest absolute Gasteiger partial charge is 0.472 e. The van der Waals surface area contributed by atoms with Crippen LogP contribution in [0.3, 0.4) is 0 Å². The first-order chi connectivity index (χ1) is 13.4. The zero-order valence-corrected chi connectivity index (χ0v) is 15.6. The third kappa shape index (κ3) is 3.71. The lowest BCUT2D eigenvalue weighted by atomic mass is 10.0. The van der Waals surface area contributed by atoms with Crippen LogP contribution in [0.15, 0.2) is 60.2 Å². The van der Waals surface area contributed by atoms with E-state index in [0.29, 0.717) is 11.4 Å². The van der Waals surface area contributed by atoms with Gasteiger partial charge in [0, 0.05) is 10.9 Å². The number of fused-ring (bicyclic) bond motifs is 1. The molecule has 0 atom stereocenters. The van der Waals surface area contributed by atoms with Gasteiger partial charge in [-0.15, -0.1) is 11.3 Å². The Balaban J connectivity index is 1.66. The molecule has 2 heterocycles. The summed E-state index contributed by atoms with van der Waals surface area (Å²) >= 11 is 1.47. The lowest BCUT2D eigenvalue weighted by Crippen LogP contribution is -2.06. The highest BCUT2D eigenvalue weighted by atomic mass is 32.1. The van der Waals surface area contributed by atoms with Crippen molar-refractivity contribution in [3.8, 4) is 17.0 Å². The van der Waals surface area contributed by atoms with Crippen molar-refractivity contribution in [2.75, 3.05) is 0 Å². The normalized spacial score (nSPS) is 11.7. The van der Waals surface area contributed by atoms with Gasteiger partial charge in [-0.25, -0.2) is 9.97 Å². The van der Waals surface area contributed by atoms with Crippen molar-refractivity contribution in [1.29, 1.82) is 0 Å². The summed E-state index contributed by atoms with van der Waals surface area (Å²) < 4.78 is 44.5. The van der Waals surface area contributed by atoms with E-state index in [0.717, 1.165) is 39.0 Å². The number of hydrogen-bond donors (Lipinski definition) is 0. The predicted molar refractivity (Wildman–Crippen MR) is 103 cm³/mol. The van der Waals surface area contributed by atoms with Crippen molar-refractivity contribution < 1.29 is 17.9 Å². The highest BCUT2D eigenvalue weighted by Gasteiger charge is 2.30. The molecule has 2 aromatic heterocycles. The summed E-state index contributed by atoms with van der Waals surface area (Å²) in [4.78, 5) is 9.27. The fourth-order valence-electron chi connectivity index (χ4n) is 2.89. The summed E-state index contributed by atoms with van der Waals surface area (Å²) in [6.07, 6.45) is -2.98. The summed E-state index contributed by atoms with van der Waals surface area (Å²) in [7, 11) is 0. The van der Waals surface area contributed by atoms with Crippen LogP contribution in [0.2, 0.25) is 0 Å². The maximum atomic E-state index is 12.9. The standard InChI is InChI=1S/C21H15F3N2OS/c1-13-5-7-15(8-6-13)17-11-28-20-18(17)19(25-12-26-20)27-10-14-3-2-4-16(9-14)21(22,23)24/h2-9,11-12H,10H2,1H3. The Hall–Kier alpha value is -2.93. The second-order valence-electron chi connectivity index (χ2n) is 6.36. The molecule has 0 fully saturated rings. The minimum atomic E-state index is -4.38. The van der Waals surface area contributed by atoms with Gasteiger partial charge in [-0.2, -0.15) is 13.2 Å². The number of thiophene rings is 1. The molecule has 0 aliphatic heterocycles. The zero-order valence-electron chi connectivity index (χ0n) is 14.8. The van der Waals surface area contributed by atoms with Crippen LogP contribution in [-0.2, 0) is 12.8 Å². The molecule has 0 N–H and O–H groups in total. The maximum absolute atomic E-state index is 12.9. The molecule has 0 aliphatic rings. The molecule has 0 amide bonds. The molecule has 28 heavy (non-hydrogen) atoms. The van der Waals surface area contributed by atoms with E-state index in [2.05, 4.69) is 9.97 Å². The Morgan fingerprint density at radius 1 is 1.04 bits per heavy atom. The fourth-order valence-corrected chi connectivity index (χ4v) is 3.80. The van der Waals surface area contributed by atoms with E-state index in [1.165, 1.54) is 23.7 Å². The Morgan fingerprint density at radius 3 is 2.57 bits per heavy atom. The molecule has 4 aromatic rings. The van der Waals surface area contributed by atoms with E-state index < -0.39 is 11.7 Å². The molecule has 2 aromatic carbocycles. The first-order valence-corrected chi connectivity index (χ1v) is 9.38. The van der Waals surface area contributed by atoms with Gasteiger partial charge in [0.05, 0.1) is 10.9 Å². The molecule has 142 valence electrons. The van der Waals surface area contributed by atoms with E-state index in [1.54, 1.807) is 6.07 Å². The Bertz CT molecular complexity index is 1120. The molecule has 0 saturated carbocycles. The summed E-state index contributed by atoms with van der Waals surface area (Å²) in [5.41, 5.74) is 2.83. The van der Waals surface area contributed by atoms with Crippen molar-refractivity contribution in [2.24, 2.45) is 0 Å². The molecule has 3 nitrogen and oxygen atoms in total. The number of aromatic nitrogens is 2. The van der Waals surface area contributed by atoms with E-state index >= 15 is 0 Å². The lowest BCUT2D eigenvalue weighted by molar-refractivity contribution is -0.137. The number of benzene rings is 2. The number of rotatable bonds is 4. The second kappa shape index (κ2) is 7.24. The average Bonchev–Trinajstić information content (AvgIpc) is 3.11. The minimum Gasteiger partial charge on any atom is -0.472 e. The Morgan fingerprint density at radius 2 is 1.82 bits per heavy atom. The Kier molecular flexibility index (Phi) is 4.77. The zero-order chi connectivity index (χ0) is 19.7. The molecular weight excluding hydrogens is 385 g/mol. The molecule has 7 heteroatoms. The number of halogens is 3. The van der Waals surface area contributed by atoms with Crippen LogP contribution < -0.4 is 4.74 Å². The number of aryl methyl sites for hydroxylation is 1. The molecule has 0 bridgehead atoms. The van der Waals surface area contributed by atoms with Gasteiger partial charge in [0.2, 0.25) is 5.88 Å². The highest BCUT2D eigenvalue weighted by molar-refractivity contribution is 7.17. The van der Waals surface area contributed by atoms with Gasteiger partial charge < -0.3 is 4.74 Å². The quantitative estimate of drug-likeness (QED) is 0.405. The van der Waals surface area contributed by atoms with Crippen LogP contribution in [0.5, 0.6) is 5.88 Å². The van der Waals surface area contributed by atoms with Gasteiger partial charge >= 0.3 is 6.18 Å². The number of hydrogen-bond acceptors (Lipinski definition) is 4. The van der Waals surface area contributed by atoms with Crippen LogP contribution in [0.25, 0.3) is 21.3 Å². The molecule has 0 spiro atoms. The summed E-state index contributed by atoms with van der Waals surface area (Å²) in [5.74, 6) is 0.360. The van der Waals surface area contributed by atoms with Gasteiger partial charge in [-0.1, -0.05) is 42.0 Å². The van der Waals surface area contributed by atoms with Crippen LogP contribution in [0, 0.1) is 6.92 Å². The smallest absolute Gasteiger partial charge is 0.416 e. The van der Waals surface area contributed by atoms with Crippen molar-refractivity contribution >= 4 is 21.6 Å². The first kappa shape index (κ1) is 18.4. The summed E-state index contributed by atoms with van der Waals surface area (Å²) in [6, 6.07) is 13.2. The van der Waals surface area contributed by atoms with Gasteiger partial charge in [-0.3, -0.25) is 0 Å². The topological polar surface area (TPSA) is 35.0 Å². The highest BCUT2D eigenvalue weighted by Crippen LogP contribution is 2.38. The van der Waals surface area contributed by atoms with Gasteiger partial charge in [0.1, 0.15) is 17.8 Å². The van der Waals surface area contributed by atoms with Crippen molar-refractivity contribution in [1.82, 2.24) is 9.97 Å². The second-order valence-corrected chi connectivity index (χ2v) is 7.22. The summed E-state index contributed by atoms with van der Waals surface area (Å²) in [6.45, 7) is 2.00. The molecule has 4 rings (SSSR count). The van der Waals surface area contributed by atoms with Crippen LogP contribution in [0.1, 0.15) is 16.7 Å². The van der Waals surface area contributed by atoms with Crippen LogP contribution in [0.4, 0.5) is 13.2 Å². The van der Waals surface area contributed by atoms with E-state index in [4.69, 9.17) is 4.74 Å². The summed E-state index contributed by atoms with van der Waals surface area (Å²) in [5, 5.41) is 2.75. The van der Waals surface area contributed by atoms with Gasteiger partial charge in [-0.05, 0) is 30.2 Å². The Labute approximate surface area is 163 Å². The third-order valence-corrected chi connectivity index (χ3v) is 5.21. The molecular formula is C21H15F3N2OS.